The highest BCUT2D eigenvalue weighted by Gasteiger charge is 2.40. The highest BCUT2D eigenvalue weighted by Crippen LogP contribution is 2.39. The summed E-state index contributed by atoms with van der Waals surface area (Å²) in [6.45, 7) is 6.37. The number of nitrogens with two attached hydrogens (primary N) is 1. The van der Waals surface area contributed by atoms with Gasteiger partial charge in [0.1, 0.15) is 0 Å². The van der Waals surface area contributed by atoms with Gasteiger partial charge in [0, 0.05) is 12.0 Å². The SMILES string of the molecule is CC1OC(C)C(C(N)c2ccc3[nH]c(=O)[nH]c3c2)C1C. The van der Waals surface area contributed by atoms with E-state index in [-0.39, 0.29) is 29.9 Å². The van der Waals surface area contributed by atoms with Crippen molar-refractivity contribution in [2.24, 2.45) is 17.6 Å². The van der Waals surface area contributed by atoms with Crippen LogP contribution in [-0.2, 0) is 4.74 Å². The summed E-state index contributed by atoms with van der Waals surface area (Å²) in [6, 6.07) is 5.75. The lowest BCUT2D eigenvalue weighted by Gasteiger charge is -2.26. The predicted molar refractivity (Wildman–Crippen MR) is 78.5 cm³/mol. The molecule has 2 aromatic rings. The lowest BCUT2D eigenvalue weighted by atomic mass is 9.81. The summed E-state index contributed by atoms with van der Waals surface area (Å²) in [7, 11) is 0. The highest BCUT2D eigenvalue weighted by molar-refractivity contribution is 5.75. The lowest BCUT2D eigenvalue weighted by Crippen LogP contribution is -2.30. The van der Waals surface area contributed by atoms with E-state index >= 15 is 0 Å². The first-order chi connectivity index (χ1) is 9.47. The van der Waals surface area contributed by atoms with E-state index in [0.29, 0.717) is 5.92 Å². The first-order valence-corrected chi connectivity index (χ1v) is 7.10. The van der Waals surface area contributed by atoms with Crippen molar-refractivity contribution in [2.75, 3.05) is 0 Å². The molecule has 0 amide bonds. The zero-order valence-electron chi connectivity index (χ0n) is 12.0. The number of imidazole rings is 1. The molecule has 0 saturated carbocycles. The van der Waals surface area contributed by atoms with Crippen LogP contribution < -0.4 is 11.4 Å². The van der Waals surface area contributed by atoms with Crippen molar-refractivity contribution >= 4 is 11.0 Å². The lowest BCUT2D eigenvalue weighted by molar-refractivity contribution is 0.0489. The summed E-state index contributed by atoms with van der Waals surface area (Å²) in [5.74, 6) is 0.703. The molecular weight excluding hydrogens is 254 g/mol. The van der Waals surface area contributed by atoms with E-state index in [1.807, 2.05) is 18.2 Å². The smallest absolute Gasteiger partial charge is 0.323 e. The maximum atomic E-state index is 11.3. The van der Waals surface area contributed by atoms with Gasteiger partial charge in [0.05, 0.1) is 23.2 Å². The molecule has 5 atom stereocenters. The van der Waals surface area contributed by atoms with Crippen molar-refractivity contribution in [3.8, 4) is 0 Å². The van der Waals surface area contributed by atoms with Crippen LogP contribution in [0.25, 0.3) is 11.0 Å². The minimum absolute atomic E-state index is 0.0900. The Labute approximate surface area is 117 Å². The zero-order valence-corrected chi connectivity index (χ0v) is 12.0. The highest BCUT2D eigenvalue weighted by atomic mass is 16.5. The Morgan fingerprint density at radius 3 is 2.50 bits per heavy atom. The van der Waals surface area contributed by atoms with Gasteiger partial charge in [-0.05, 0) is 37.5 Å². The molecule has 1 aliphatic rings. The van der Waals surface area contributed by atoms with Crippen molar-refractivity contribution < 1.29 is 4.74 Å². The molecule has 0 bridgehead atoms. The molecule has 0 aliphatic carbocycles. The van der Waals surface area contributed by atoms with Gasteiger partial charge in [0.2, 0.25) is 0 Å². The number of ether oxygens (including phenoxy) is 1. The minimum atomic E-state index is -0.190. The fourth-order valence-corrected chi connectivity index (χ4v) is 3.39. The molecule has 0 spiro atoms. The molecular formula is C15H21N3O2. The van der Waals surface area contributed by atoms with Crippen LogP contribution in [0.4, 0.5) is 0 Å². The van der Waals surface area contributed by atoms with Crippen LogP contribution >= 0.6 is 0 Å². The molecule has 1 aromatic carbocycles. The first kappa shape index (κ1) is 13.4. The Bertz CT molecular complexity index is 675. The summed E-state index contributed by atoms with van der Waals surface area (Å²) >= 11 is 0. The molecule has 0 radical (unpaired) electrons. The summed E-state index contributed by atoms with van der Waals surface area (Å²) in [5, 5.41) is 0. The molecule has 1 aromatic heterocycles. The Kier molecular flexibility index (Phi) is 3.18. The molecule has 1 aliphatic heterocycles. The van der Waals surface area contributed by atoms with E-state index in [9.17, 15) is 4.79 Å². The summed E-state index contributed by atoms with van der Waals surface area (Å²) < 4.78 is 5.88. The van der Waals surface area contributed by atoms with Gasteiger partial charge in [-0.1, -0.05) is 13.0 Å². The van der Waals surface area contributed by atoms with Crippen molar-refractivity contribution in [3.63, 3.8) is 0 Å². The van der Waals surface area contributed by atoms with E-state index < -0.39 is 0 Å². The van der Waals surface area contributed by atoms with Crippen LogP contribution in [0.2, 0.25) is 0 Å². The molecule has 4 N–H and O–H groups in total. The van der Waals surface area contributed by atoms with E-state index in [0.717, 1.165) is 16.6 Å². The second kappa shape index (κ2) is 4.75. The number of H-pyrrole nitrogens is 2. The summed E-state index contributed by atoms with van der Waals surface area (Å²) in [5.41, 5.74) is 8.92. The normalized spacial score (nSPS) is 31.8. The molecule has 5 heteroatoms. The van der Waals surface area contributed by atoms with Crippen LogP contribution in [0.3, 0.4) is 0 Å². The maximum Gasteiger partial charge on any atom is 0.323 e. The number of aromatic nitrogens is 2. The zero-order chi connectivity index (χ0) is 14.4. The van der Waals surface area contributed by atoms with Gasteiger partial charge in [0.25, 0.3) is 0 Å². The number of benzene rings is 1. The number of aromatic amines is 2. The third-order valence-electron chi connectivity index (χ3n) is 4.66. The van der Waals surface area contributed by atoms with E-state index in [1.165, 1.54) is 0 Å². The van der Waals surface area contributed by atoms with E-state index in [2.05, 4.69) is 30.7 Å². The number of rotatable bonds is 2. The summed E-state index contributed by atoms with van der Waals surface area (Å²) in [4.78, 5) is 16.8. The average molecular weight is 275 g/mol. The maximum absolute atomic E-state index is 11.3. The molecule has 1 saturated heterocycles. The fraction of sp³-hybridized carbons (Fsp3) is 0.533. The van der Waals surface area contributed by atoms with Gasteiger partial charge < -0.3 is 20.4 Å². The summed E-state index contributed by atoms with van der Waals surface area (Å²) in [6.07, 6.45) is 0.382. The van der Waals surface area contributed by atoms with Crippen LogP contribution in [0, 0.1) is 11.8 Å². The van der Waals surface area contributed by atoms with E-state index in [4.69, 9.17) is 10.5 Å². The Morgan fingerprint density at radius 1 is 1.15 bits per heavy atom. The van der Waals surface area contributed by atoms with Crippen molar-refractivity contribution in [1.29, 1.82) is 0 Å². The number of hydrogen-bond acceptors (Lipinski definition) is 3. The van der Waals surface area contributed by atoms with Gasteiger partial charge in [-0.25, -0.2) is 4.79 Å². The first-order valence-electron chi connectivity index (χ1n) is 7.10. The third kappa shape index (κ3) is 2.07. The number of nitrogens with one attached hydrogen (secondary N) is 2. The molecule has 5 unspecified atom stereocenters. The van der Waals surface area contributed by atoms with E-state index in [1.54, 1.807) is 0 Å². The molecule has 2 heterocycles. The van der Waals surface area contributed by atoms with Crippen molar-refractivity contribution in [1.82, 2.24) is 9.97 Å². The average Bonchev–Trinajstić information content (AvgIpc) is 2.87. The van der Waals surface area contributed by atoms with Crippen LogP contribution in [0.1, 0.15) is 32.4 Å². The molecule has 20 heavy (non-hydrogen) atoms. The van der Waals surface area contributed by atoms with Gasteiger partial charge in [-0.2, -0.15) is 0 Å². The topological polar surface area (TPSA) is 83.9 Å². The Hall–Kier alpha value is -1.59. The van der Waals surface area contributed by atoms with Crippen LogP contribution in [-0.4, -0.2) is 22.2 Å². The Morgan fingerprint density at radius 2 is 1.85 bits per heavy atom. The fourth-order valence-electron chi connectivity index (χ4n) is 3.39. The van der Waals surface area contributed by atoms with Gasteiger partial charge >= 0.3 is 5.69 Å². The molecule has 5 nitrogen and oxygen atoms in total. The van der Waals surface area contributed by atoms with Crippen molar-refractivity contribution in [3.05, 3.63) is 34.2 Å². The van der Waals surface area contributed by atoms with Crippen LogP contribution in [0.15, 0.2) is 23.0 Å². The molecule has 1 fully saturated rings. The third-order valence-corrected chi connectivity index (χ3v) is 4.66. The Balaban J connectivity index is 1.95. The van der Waals surface area contributed by atoms with Gasteiger partial charge in [0.15, 0.2) is 0 Å². The molecule has 3 rings (SSSR count). The largest absolute Gasteiger partial charge is 0.375 e. The second-order valence-corrected chi connectivity index (χ2v) is 5.89. The van der Waals surface area contributed by atoms with Crippen LogP contribution in [0.5, 0.6) is 0 Å². The monoisotopic (exact) mass is 275 g/mol. The standard InChI is InChI=1S/C15H21N3O2/c1-7-8(2)20-9(3)13(7)14(16)10-4-5-11-12(6-10)18-15(19)17-11/h4-9,13-14H,16H2,1-3H3,(H2,17,18,19). The molecule has 108 valence electrons. The van der Waals surface area contributed by atoms with Crippen molar-refractivity contribution in [2.45, 2.75) is 39.0 Å². The number of hydrogen-bond donors (Lipinski definition) is 3. The predicted octanol–water partition coefficient (Wildman–Crippen LogP) is 1.92. The number of fused-ring (bicyclic) bond motifs is 1. The second-order valence-electron chi connectivity index (χ2n) is 5.89. The van der Waals surface area contributed by atoms with Gasteiger partial charge in [-0.15, -0.1) is 0 Å². The quantitative estimate of drug-likeness (QED) is 0.783. The van der Waals surface area contributed by atoms with Gasteiger partial charge in [-0.3, -0.25) is 0 Å². The minimum Gasteiger partial charge on any atom is -0.375 e.